The second-order valence-electron chi connectivity index (χ2n) is 7.96. The second kappa shape index (κ2) is 7.54. The van der Waals surface area contributed by atoms with Gasteiger partial charge in [0.05, 0.1) is 23.4 Å². The van der Waals surface area contributed by atoms with Gasteiger partial charge >= 0.3 is 0 Å². The number of carbonyl (C=O) groups excluding carboxylic acids is 4. The van der Waals surface area contributed by atoms with Crippen LogP contribution in [-0.2, 0) is 9.59 Å². The molecule has 2 aromatic carbocycles. The number of hydrogen-bond acceptors (Lipinski definition) is 5. The van der Waals surface area contributed by atoms with E-state index in [2.05, 4.69) is 0 Å². The second-order valence-corrected chi connectivity index (χ2v) is 7.96. The Bertz CT molecular complexity index is 1110. The van der Waals surface area contributed by atoms with Gasteiger partial charge in [-0.15, -0.1) is 0 Å². The molecule has 31 heavy (non-hydrogen) atoms. The molecular formula is C23H23N3O5. The lowest BCUT2D eigenvalue weighted by Gasteiger charge is -2.37. The zero-order valence-electron chi connectivity index (χ0n) is 17.8. The van der Waals surface area contributed by atoms with Crippen LogP contribution in [0.4, 0.5) is 5.69 Å². The first kappa shape index (κ1) is 20.6. The van der Waals surface area contributed by atoms with E-state index in [-0.39, 0.29) is 12.5 Å². The van der Waals surface area contributed by atoms with Crippen LogP contribution in [0.5, 0.6) is 5.75 Å². The molecule has 0 radical (unpaired) electrons. The van der Waals surface area contributed by atoms with Crippen molar-refractivity contribution < 1.29 is 23.9 Å². The molecule has 0 unspecified atom stereocenters. The number of rotatable bonds is 3. The van der Waals surface area contributed by atoms with E-state index < -0.39 is 29.9 Å². The number of para-hydroxylation sites is 2. The maximum atomic E-state index is 13.5. The Morgan fingerprint density at radius 3 is 2.45 bits per heavy atom. The lowest BCUT2D eigenvalue weighted by Crippen LogP contribution is -2.55. The minimum absolute atomic E-state index is 0.0144. The Labute approximate surface area is 180 Å². The maximum Gasteiger partial charge on any atom is 0.265 e. The summed E-state index contributed by atoms with van der Waals surface area (Å²) in [6.45, 7) is 3.35. The van der Waals surface area contributed by atoms with Crippen LogP contribution in [-0.4, -0.2) is 66.2 Å². The number of hydrogen-bond donors (Lipinski definition) is 0. The van der Waals surface area contributed by atoms with Gasteiger partial charge in [0.25, 0.3) is 17.7 Å². The highest BCUT2D eigenvalue weighted by atomic mass is 16.5. The van der Waals surface area contributed by atoms with Crippen molar-refractivity contribution in [1.82, 2.24) is 9.80 Å². The number of amides is 4. The van der Waals surface area contributed by atoms with E-state index in [1.54, 1.807) is 56.6 Å². The number of benzene rings is 2. The molecule has 0 spiro atoms. The van der Waals surface area contributed by atoms with Crippen LogP contribution in [0.15, 0.2) is 42.5 Å². The molecule has 2 atom stereocenters. The van der Waals surface area contributed by atoms with Gasteiger partial charge < -0.3 is 14.5 Å². The summed E-state index contributed by atoms with van der Waals surface area (Å²) in [4.78, 5) is 55.7. The van der Waals surface area contributed by atoms with Gasteiger partial charge in [0.15, 0.2) is 6.10 Å². The number of imide groups is 1. The summed E-state index contributed by atoms with van der Waals surface area (Å²) >= 11 is 0. The number of fused-ring (bicyclic) bond motifs is 2. The lowest BCUT2D eigenvalue weighted by atomic mass is 10.1. The van der Waals surface area contributed by atoms with E-state index in [1.165, 1.54) is 16.7 Å². The third-order valence-electron chi connectivity index (χ3n) is 5.57. The van der Waals surface area contributed by atoms with Crippen LogP contribution in [0.3, 0.4) is 0 Å². The Kier molecular flexibility index (Phi) is 5.00. The van der Waals surface area contributed by atoms with Gasteiger partial charge in [-0.05, 0) is 38.1 Å². The van der Waals surface area contributed by atoms with Gasteiger partial charge in [0.2, 0.25) is 5.91 Å². The van der Waals surface area contributed by atoms with Crippen LogP contribution >= 0.6 is 0 Å². The number of anilines is 1. The first-order valence-corrected chi connectivity index (χ1v) is 9.97. The Morgan fingerprint density at radius 2 is 1.74 bits per heavy atom. The lowest BCUT2D eigenvalue weighted by molar-refractivity contribution is -0.136. The Hall–Kier alpha value is -3.68. The molecule has 4 rings (SSSR count). The molecule has 160 valence electrons. The van der Waals surface area contributed by atoms with E-state index in [0.29, 0.717) is 22.6 Å². The SMILES string of the molecule is Cc1ccc2c(c1)C(=O)N([C@@H](C)C(=O)N1C[C@@H](C(=O)N(C)C)Oc3ccccc31)C2=O. The van der Waals surface area contributed by atoms with E-state index in [1.807, 2.05) is 6.92 Å². The largest absolute Gasteiger partial charge is 0.476 e. The van der Waals surface area contributed by atoms with Crippen LogP contribution < -0.4 is 9.64 Å². The summed E-state index contributed by atoms with van der Waals surface area (Å²) in [5, 5.41) is 0. The minimum Gasteiger partial charge on any atom is -0.476 e. The predicted octanol–water partition coefficient (Wildman–Crippen LogP) is 1.86. The highest BCUT2D eigenvalue weighted by Gasteiger charge is 2.44. The van der Waals surface area contributed by atoms with Crippen molar-refractivity contribution in [3.05, 3.63) is 59.2 Å². The Balaban J connectivity index is 1.66. The number of carbonyl (C=O) groups is 4. The summed E-state index contributed by atoms with van der Waals surface area (Å²) < 4.78 is 5.81. The van der Waals surface area contributed by atoms with Crippen molar-refractivity contribution in [3.63, 3.8) is 0 Å². The van der Waals surface area contributed by atoms with E-state index in [9.17, 15) is 19.2 Å². The molecule has 0 N–H and O–H groups in total. The number of aryl methyl sites for hydroxylation is 1. The first-order valence-electron chi connectivity index (χ1n) is 9.97. The van der Waals surface area contributed by atoms with Gasteiger partial charge in [0.1, 0.15) is 11.8 Å². The highest BCUT2D eigenvalue weighted by molar-refractivity contribution is 6.23. The minimum atomic E-state index is -1.05. The fourth-order valence-corrected chi connectivity index (χ4v) is 3.92. The molecule has 2 aliphatic rings. The standard InChI is InChI=1S/C23H23N3O5/c1-13-9-10-15-16(11-13)22(29)26(21(15)28)14(2)20(27)25-12-19(23(30)24(3)4)31-18-8-6-5-7-17(18)25/h5-11,14,19H,12H2,1-4H3/t14-,19-/m0/s1. The molecule has 0 aromatic heterocycles. The third kappa shape index (κ3) is 3.34. The zero-order chi connectivity index (χ0) is 22.4. The van der Waals surface area contributed by atoms with Crippen LogP contribution in [0.1, 0.15) is 33.2 Å². The molecule has 2 heterocycles. The molecule has 0 fully saturated rings. The Morgan fingerprint density at radius 1 is 1.06 bits per heavy atom. The molecule has 0 saturated carbocycles. The van der Waals surface area contributed by atoms with Crippen molar-refractivity contribution in [2.45, 2.75) is 26.0 Å². The molecule has 0 aliphatic carbocycles. The summed E-state index contributed by atoms with van der Waals surface area (Å²) in [6.07, 6.45) is -0.883. The van der Waals surface area contributed by atoms with Gasteiger partial charge in [-0.3, -0.25) is 24.1 Å². The number of nitrogens with zero attached hydrogens (tertiary/aromatic N) is 3. The summed E-state index contributed by atoms with van der Waals surface area (Å²) in [5.41, 5.74) is 1.94. The molecule has 4 amide bonds. The normalized spacial score (nSPS) is 18.3. The summed E-state index contributed by atoms with van der Waals surface area (Å²) in [7, 11) is 3.23. The topological polar surface area (TPSA) is 87.2 Å². The molecule has 8 heteroatoms. The van der Waals surface area contributed by atoms with Crippen LogP contribution in [0.25, 0.3) is 0 Å². The fraction of sp³-hybridized carbons (Fsp3) is 0.304. The van der Waals surface area contributed by atoms with Crippen molar-refractivity contribution in [3.8, 4) is 5.75 Å². The number of likely N-dealkylation sites (N-methyl/N-ethyl adjacent to an activating group) is 1. The van der Waals surface area contributed by atoms with Crippen LogP contribution in [0, 0.1) is 6.92 Å². The first-order chi connectivity index (χ1) is 14.7. The summed E-state index contributed by atoms with van der Waals surface area (Å²) in [6, 6.07) is 10.9. The van der Waals surface area contributed by atoms with Gasteiger partial charge in [0, 0.05) is 14.1 Å². The molecule has 2 aliphatic heterocycles. The monoisotopic (exact) mass is 421 g/mol. The molecular weight excluding hydrogens is 398 g/mol. The smallest absolute Gasteiger partial charge is 0.265 e. The predicted molar refractivity (Wildman–Crippen MR) is 113 cm³/mol. The van der Waals surface area contributed by atoms with E-state index in [0.717, 1.165) is 10.5 Å². The van der Waals surface area contributed by atoms with E-state index in [4.69, 9.17) is 4.74 Å². The van der Waals surface area contributed by atoms with Crippen molar-refractivity contribution in [2.24, 2.45) is 0 Å². The quantitative estimate of drug-likeness (QED) is 0.706. The van der Waals surface area contributed by atoms with Gasteiger partial charge in [-0.25, -0.2) is 0 Å². The van der Waals surface area contributed by atoms with Crippen LogP contribution in [0.2, 0.25) is 0 Å². The highest BCUT2D eigenvalue weighted by Crippen LogP contribution is 2.35. The van der Waals surface area contributed by atoms with Crippen molar-refractivity contribution >= 4 is 29.3 Å². The van der Waals surface area contributed by atoms with Crippen molar-refractivity contribution in [1.29, 1.82) is 0 Å². The van der Waals surface area contributed by atoms with Gasteiger partial charge in [-0.2, -0.15) is 0 Å². The van der Waals surface area contributed by atoms with Crippen molar-refractivity contribution in [2.75, 3.05) is 25.5 Å². The maximum absolute atomic E-state index is 13.5. The van der Waals surface area contributed by atoms with E-state index >= 15 is 0 Å². The number of ether oxygens (including phenoxy) is 1. The third-order valence-corrected chi connectivity index (χ3v) is 5.57. The van der Waals surface area contributed by atoms with Gasteiger partial charge in [-0.1, -0.05) is 23.8 Å². The average Bonchev–Trinajstić information content (AvgIpc) is 3.00. The fourth-order valence-electron chi connectivity index (χ4n) is 3.92. The summed E-state index contributed by atoms with van der Waals surface area (Å²) in [5.74, 6) is -1.34. The molecule has 0 saturated heterocycles. The average molecular weight is 421 g/mol. The molecule has 0 bridgehead atoms. The molecule has 8 nitrogen and oxygen atoms in total. The zero-order valence-corrected chi connectivity index (χ0v) is 17.8. The molecule has 2 aromatic rings.